The number of aliphatic hydroxyl groups excluding tert-OH is 1. The Bertz CT molecular complexity index is 685. The van der Waals surface area contributed by atoms with E-state index >= 15 is 0 Å². The first kappa shape index (κ1) is 17.9. The fraction of sp³-hybridized carbons (Fsp3) is 0.294. The highest BCUT2D eigenvalue weighted by molar-refractivity contribution is 5.45. The molecule has 2 aromatic carbocycles. The molecule has 7 nitrogen and oxygen atoms in total. The summed E-state index contributed by atoms with van der Waals surface area (Å²) in [5.74, 6) is -0.596. The summed E-state index contributed by atoms with van der Waals surface area (Å²) < 4.78 is 0. The molecule has 6 N–H and O–H groups in total. The van der Waals surface area contributed by atoms with E-state index in [1.165, 1.54) is 36.4 Å². The lowest BCUT2D eigenvalue weighted by Crippen LogP contribution is -2.39. The van der Waals surface area contributed by atoms with Crippen LogP contribution in [-0.2, 0) is 6.42 Å². The number of phenolic OH excluding ortho intramolecular Hbond substituents is 4. The van der Waals surface area contributed by atoms with Gasteiger partial charge in [0.05, 0.1) is 24.3 Å². The Morgan fingerprint density at radius 3 is 2.12 bits per heavy atom. The quantitative estimate of drug-likeness (QED) is 0.445. The highest BCUT2D eigenvalue weighted by Gasteiger charge is 2.27. The second-order valence-corrected chi connectivity index (χ2v) is 5.62. The van der Waals surface area contributed by atoms with E-state index in [0.29, 0.717) is 5.56 Å². The molecule has 0 aliphatic heterocycles. The molecule has 0 saturated carbocycles. The normalized spacial score (nSPS) is 13.8. The molecule has 0 aliphatic carbocycles. The maximum Gasteiger partial charge on any atom is 0.124 e. The molecule has 0 aromatic heterocycles. The van der Waals surface area contributed by atoms with Gasteiger partial charge in [-0.15, -0.1) is 0 Å². The van der Waals surface area contributed by atoms with Gasteiger partial charge >= 0.3 is 0 Å². The number of hydrogen-bond acceptors (Lipinski definition) is 7. The Morgan fingerprint density at radius 2 is 1.58 bits per heavy atom. The molecule has 0 radical (unpaired) electrons. The molecule has 0 saturated heterocycles. The summed E-state index contributed by atoms with van der Waals surface area (Å²) in [7, 11) is 0. The molecule has 0 bridgehead atoms. The van der Waals surface area contributed by atoms with E-state index < -0.39 is 18.7 Å². The van der Waals surface area contributed by atoms with Gasteiger partial charge in [0.25, 0.3) is 0 Å². The zero-order valence-corrected chi connectivity index (χ0v) is 13.2. The fourth-order valence-electron chi connectivity index (χ4n) is 2.64. The van der Waals surface area contributed by atoms with Gasteiger partial charge in [-0.25, -0.2) is 0 Å². The Labute approximate surface area is 139 Å². The van der Waals surface area contributed by atoms with Gasteiger partial charge in [-0.2, -0.15) is 5.06 Å². The van der Waals surface area contributed by atoms with Crippen LogP contribution in [0.3, 0.4) is 0 Å². The molecule has 24 heavy (non-hydrogen) atoms. The van der Waals surface area contributed by atoms with Gasteiger partial charge in [0.2, 0.25) is 0 Å². The minimum absolute atomic E-state index is 0.0925. The van der Waals surface area contributed by atoms with E-state index in [4.69, 9.17) is 0 Å². The average Bonchev–Trinajstić information content (AvgIpc) is 2.53. The van der Waals surface area contributed by atoms with Crippen molar-refractivity contribution in [2.24, 2.45) is 0 Å². The Hall–Kier alpha value is -2.48. The molecule has 2 aromatic rings. The number of phenols is 4. The minimum Gasteiger partial charge on any atom is -0.508 e. The number of aromatic hydroxyl groups is 4. The van der Waals surface area contributed by atoms with Crippen molar-refractivity contribution in [2.45, 2.75) is 25.4 Å². The second-order valence-electron chi connectivity index (χ2n) is 5.62. The van der Waals surface area contributed by atoms with Crippen LogP contribution in [0.5, 0.6) is 23.0 Å². The van der Waals surface area contributed by atoms with Crippen LogP contribution in [-0.4, -0.2) is 48.5 Å². The summed E-state index contributed by atoms with van der Waals surface area (Å²) in [4.78, 5) is 0. The summed E-state index contributed by atoms with van der Waals surface area (Å²) in [6.45, 7) is 1.14. The SMILES string of the molecule is CC(c1c(O)cccc1O)N(O)C(CO)Cc1ccc(O)cc1O. The van der Waals surface area contributed by atoms with Crippen molar-refractivity contribution in [1.82, 2.24) is 5.06 Å². The van der Waals surface area contributed by atoms with Crippen molar-refractivity contribution in [3.63, 3.8) is 0 Å². The smallest absolute Gasteiger partial charge is 0.124 e. The summed E-state index contributed by atoms with van der Waals surface area (Å²) in [6, 6.07) is 6.70. The van der Waals surface area contributed by atoms with E-state index in [9.17, 15) is 30.7 Å². The lowest BCUT2D eigenvalue weighted by molar-refractivity contribution is -0.167. The standard InChI is InChI=1S/C17H21NO6/c1-10(17-14(21)3-2-4-15(17)22)18(24)12(9-19)7-11-5-6-13(20)8-16(11)23/h2-6,8,10,12,19-24H,7,9H2,1H3. The van der Waals surface area contributed by atoms with Crippen molar-refractivity contribution in [3.8, 4) is 23.0 Å². The molecular formula is C17H21NO6. The molecule has 0 fully saturated rings. The maximum atomic E-state index is 10.4. The third kappa shape index (κ3) is 3.70. The van der Waals surface area contributed by atoms with Crippen molar-refractivity contribution in [3.05, 3.63) is 47.5 Å². The van der Waals surface area contributed by atoms with E-state index in [0.717, 1.165) is 5.06 Å². The molecule has 0 heterocycles. The Balaban J connectivity index is 2.23. The molecule has 2 rings (SSSR count). The Morgan fingerprint density at radius 1 is 0.958 bits per heavy atom. The van der Waals surface area contributed by atoms with Crippen molar-refractivity contribution in [1.29, 1.82) is 0 Å². The molecule has 0 amide bonds. The van der Waals surface area contributed by atoms with Crippen LogP contribution in [0.25, 0.3) is 0 Å². The maximum absolute atomic E-state index is 10.4. The molecule has 130 valence electrons. The van der Waals surface area contributed by atoms with Gasteiger partial charge in [-0.05, 0) is 37.1 Å². The number of hydrogen-bond donors (Lipinski definition) is 6. The first-order valence-corrected chi connectivity index (χ1v) is 7.45. The Kier molecular flexibility index (Phi) is 5.50. The van der Waals surface area contributed by atoms with Crippen molar-refractivity contribution >= 4 is 0 Å². The number of nitrogens with zero attached hydrogens (tertiary/aromatic N) is 1. The second kappa shape index (κ2) is 7.39. The van der Waals surface area contributed by atoms with Crippen LogP contribution < -0.4 is 0 Å². The van der Waals surface area contributed by atoms with Gasteiger partial charge in [0, 0.05) is 6.07 Å². The number of hydroxylamine groups is 2. The largest absolute Gasteiger partial charge is 0.508 e. The van der Waals surface area contributed by atoms with Crippen molar-refractivity contribution < 1.29 is 30.7 Å². The minimum atomic E-state index is -0.803. The predicted octanol–water partition coefficient (Wildman–Crippen LogP) is 1.86. The number of rotatable bonds is 6. The predicted molar refractivity (Wildman–Crippen MR) is 86.2 cm³/mol. The first-order valence-electron chi connectivity index (χ1n) is 7.45. The zero-order valence-electron chi connectivity index (χ0n) is 13.2. The summed E-state index contributed by atoms with van der Waals surface area (Å²) in [6.07, 6.45) is 0.0951. The van der Waals surface area contributed by atoms with Gasteiger partial charge in [0.1, 0.15) is 23.0 Å². The summed E-state index contributed by atoms with van der Waals surface area (Å²) in [5, 5.41) is 59.8. The van der Waals surface area contributed by atoms with Crippen LogP contribution in [0.15, 0.2) is 36.4 Å². The third-order valence-corrected chi connectivity index (χ3v) is 3.98. The average molecular weight is 335 g/mol. The van der Waals surface area contributed by atoms with Gasteiger partial charge < -0.3 is 30.7 Å². The first-order chi connectivity index (χ1) is 11.3. The number of aliphatic hydroxyl groups is 1. The van der Waals surface area contributed by atoms with E-state index in [1.807, 2.05) is 0 Å². The van der Waals surface area contributed by atoms with E-state index in [-0.39, 0.29) is 35.0 Å². The van der Waals surface area contributed by atoms with Crippen LogP contribution >= 0.6 is 0 Å². The topological polar surface area (TPSA) is 125 Å². The highest BCUT2D eigenvalue weighted by atomic mass is 16.5. The van der Waals surface area contributed by atoms with E-state index in [2.05, 4.69) is 0 Å². The molecule has 2 unspecified atom stereocenters. The summed E-state index contributed by atoms with van der Waals surface area (Å²) in [5.41, 5.74) is 0.563. The molecular weight excluding hydrogens is 314 g/mol. The molecule has 7 heteroatoms. The number of benzene rings is 2. The van der Waals surface area contributed by atoms with Gasteiger partial charge in [-0.1, -0.05) is 12.1 Å². The van der Waals surface area contributed by atoms with E-state index in [1.54, 1.807) is 6.92 Å². The molecule has 2 atom stereocenters. The van der Waals surface area contributed by atoms with Crippen LogP contribution in [0.4, 0.5) is 0 Å². The lowest BCUT2D eigenvalue weighted by atomic mass is 10.0. The molecule has 0 spiro atoms. The van der Waals surface area contributed by atoms with Crippen LogP contribution in [0, 0.1) is 0 Å². The van der Waals surface area contributed by atoms with Gasteiger partial charge in [-0.3, -0.25) is 0 Å². The monoisotopic (exact) mass is 335 g/mol. The third-order valence-electron chi connectivity index (χ3n) is 3.98. The highest BCUT2D eigenvalue weighted by Crippen LogP contribution is 2.36. The fourth-order valence-corrected chi connectivity index (χ4v) is 2.64. The lowest BCUT2D eigenvalue weighted by Gasteiger charge is -2.31. The molecule has 0 aliphatic rings. The van der Waals surface area contributed by atoms with Crippen LogP contribution in [0.2, 0.25) is 0 Å². The van der Waals surface area contributed by atoms with Crippen molar-refractivity contribution in [2.75, 3.05) is 6.61 Å². The van der Waals surface area contributed by atoms with Crippen LogP contribution in [0.1, 0.15) is 24.1 Å². The zero-order chi connectivity index (χ0) is 17.9. The summed E-state index contributed by atoms with van der Waals surface area (Å²) >= 11 is 0. The van der Waals surface area contributed by atoms with Gasteiger partial charge in [0.15, 0.2) is 0 Å².